The van der Waals surface area contributed by atoms with Crippen LogP contribution in [0.2, 0.25) is 0 Å². The van der Waals surface area contributed by atoms with Crippen LogP contribution in [0, 0.1) is 0 Å². The van der Waals surface area contributed by atoms with Crippen LogP contribution in [0.5, 0.6) is 0 Å². The molecule has 0 fully saturated rings. The van der Waals surface area contributed by atoms with Crippen molar-refractivity contribution in [2.45, 2.75) is 0 Å². The van der Waals surface area contributed by atoms with E-state index in [0.29, 0.717) is 5.39 Å². The van der Waals surface area contributed by atoms with Crippen LogP contribution in [0.25, 0.3) is 10.9 Å². The average molecular weight is 184 g/mol. The Morgan fingerprint density at radius 2 is 1.85 bits per heavy atom. The third-order valence-electron chi connectivity index (χ3n) is 1.96. The van der Waals surface area contributed by atoms with Crippen molar-refractivity contribution in [3.05, 3.63) is 30.5 Å². The summed E-state index contributed by atoms with van der Waals surface area (Å²) in [6.45, 7) is -4.88. The first-order valence-corrected chi connectivity index (χ1v) is 3.84. The minimum Gasteiger partial charge on any atom is -0.445 e. The second kappa shape index (κ2) is 2.55. The molecule has 0 amide bonds. The Bertz CT molecular complexity index is 432. The Morgan fingerprint density at radius 3 is 2.54 bits per heavy atom. The van der Waals surface area contributed by atoms with Crippen molar-refractivity contribution in [2.75, 3.05) is 0 Å². The zero-order chi connectivity index (χ0) is 9.47. The van der Waals surface area contributed by atoms with Crippen LogP contribution in [-0.2, 0) is 0 Å². The van der Waals surface area contributed by atoms with Gasteiger partial charge in [-0.3, -0.25) is 0 Å². The highest BCUT2D eigenvalue weighted by atomic mass is 19.4. The maximum atomic E-state index is 12.3. The van der Waals surface area contributed by atoms with Crippen molar-refractivity contribution in [3.8, 4) is 0 Å². The van der Waals surface area contributed by atoms with E-state index in [4.69, 9.17) is 0 Å². The highest BCUT2D eigenvalue weighted by Crippen LogP contribution is 2.14. The zero-order valence-electron chi connectivity index (χ0n) is 6.60. The van der Waals surface area contributed by atoms with E-state index in [-0.39, 0.29) is 0 Å². The Morgan fingerprint density at radius 1 is 1.08 bits per heavy atom. The number of halogens is 3. The summed E-state index contributed by atoms with van der Waals surface area (Å²) in [4.78, 5) is 2.84. The molecule has 0 bridgehead atoms. The summed E-state index contributed by atoms with van der Waals surface area (Å²) in [5.74, 6) is 0. The first kappa shape index (κ1) is 8.22. The lowest BCUT2D eigenvalue weighted by molar-refractivity contribution is 0.501. The lowest BCUT2D eigenvalue weighted by Crippen LogP contribution is -2.33. The molecule has 1 heterocycles. The molecule has 0 saturated carbocycles. The highest BCUT2D eigenvalue weighted by Gasteiger charge is 2.25. The number of benzene rings is 1. The fourth-order valence-corrected chi connectivity index (χ4v) is 1.28. The molecular formula is C8H6BF3N-. The molecule has 68 valence electrons. The summed E-state index contributed by atoms with van der Waals surface area (Å²) in [6, 6.07) is 5.32. The number of rotatable bonds is 1. The van der Waals surface area contributed by atoms with Gasteiger partial charge in [0.15, 0.2) is 0 Å². The summed E-state index contributed by atoms with van der Waals surface area (Å²) in [6.07, 6.45) is 1.62. The highest BCUT2D eigenvalue weighted by molar-refractivity contribution is 6.73. The van der Waals surface area contributed by atoms with Gasteiger partial charge in [0.2, 0.25) is 0 Å². The van der Waals surface area contributed by atoms with Gasteiger partial charge in [0.25, 0.3) is 0 Å². The summed E-state index contributed by atoms with van der Waals surface area (Å²) in [5.41, 5.74) is 0.177. The molecule has 0 radical (unpaired) electrons. The third kappa shape index (κ3) is 1.41. The van der Waals surface area contributed by atoms with E-state index < -0.39 is 12.4 Å². The maximum Gasteiger partial charge on any atom is 0.509 e. The molecule has 0 unspecified atom stereocenters. The van der Waals surface area contributed by atoms with E-state index in [0.717, 1.165) is 17.6 Å². The van der Waals surface area contributed by atoms with E-state index in [1.54, 1.807) is 12.3 Å². The van der Waals surface area contributed by atoms with Crippen LogP contribution >= 0.6 is 0 Å². The molecule has 0 spiro atoms. The van der Waals surface area contributed by atoms with Crippen molar-refractivity contribution < 1.29 is 12.9 Å². The number of fused-ring (bicyclic) bond motifs is 1. The Kier molecular flexibility index (Phi) is 1.61. The molecular weight excluding hydrogens is 178 g/mol. The van der Waals surface area contributed by atoms with Crippen molar-refractivity contribution in [2.24, 2.45) is 0 Å². The predicted octanol–water partition coefficient (Wildman–Crippen LogP) is 2.22. The molecule has 0 aliphatic heterocycles. The van der Waals surface area contributed by atoms with Gasteiger partial charge in [0.1, 0.15) is 0 Å². The molecule has 13 heavy (non-hydrogen) atoms. The number of H-pyrrole nitrogens is 1. The number of aromatic nitrogens is 1. The molecule has 1 nitrogen and oxygen atoms in total. The van der Waals surface area contributed by atoms with Crippen LogP contribution in [0.4, 0.5) is 12.9 Å². The van der Waals surface area contributed by atoms with E-state index in [1.807, 2.05) is 0 Å². The number of nitrogens with one attached hydrogen (secondary N) is 1. The van der Waals surface area contributed by atoms with E-state index in [1.165, 1.54) is 6.07 Å². The summed E-state index contributed by atoms with van der Waals surface area (Å²) in [5, 5.41) is 0.594. The topological polar surface area (TPSA) is 15.8 Å². The largest absolute Gasteiger partial charge is 0.509 e. The molecule has 2 aromatic rings. The summed E-state index contributed by atoms with van der Waals surface area (Å²) >= 11 is 0. The first-order chi connectivity index (χ1) is 6.07. The standard InChI is InChI=1S/C8H6BF3N/c10-9(11,12)7-1-2-8-6(5-7)3-4-13-8/h1-5,13H/q-1. The second-order valence-corrected chi connectivity index (χ2v) is 2.90. The Balaban J connectivity index is 2.61. The minimum absolute atomic E-state index is 0.549. The quantitative estimate of drug-likeness (QED) is 0.654. The van der Waals surface area contributed by atoms with E-state index >= 15 is 0 Å². The van der Waals surface area contributed by atoms with Crippen molar-refractivity contribution in [3.63, 3.8) is 0 Å². The van der Waals surface area contributed by atoms with E-state index in [2.05, 4.69) is 4.98 Å². The average Bonchev–Trinajstić information content (AvgIpc) is 2.47. The minimum atomic E-state index is -4.88. The zero-order valence-corrected chi connectivity index (χ0v) is 6.60. The fourth-order valence-electron chi connectivity index (χ4n) is 1.28. The molecule has 0 aliphatic rings. The van der Waals surface area contributed by atoms with Gasteiger partial charge in [0.05, 0.1) is 0 Å². The lowest BCUT2D eigenvalue weighted by atomic mass is 9.80. The van der Waals surface area contributed by atoms with Gasteiger partial charge in [-0.15, -0.1) is 5.46 Å². The first-order valence-electron chi connectivity index (χ1n) is 3.84. The van der Waals surface area contributed by atoms with Gasteiger partial charge in [0, 0.05) is 11.7 Å². The number of hydrogen-bond donors (Lipinski definition) is 1. The maximum absolute atomic E-state index is 12.3. The van der Waals surface area contributed by atoms with Gasteiger partial charge in [-0.05, 0) is 17.5 Å². The monoisotopic (exact) mass is 184 g/mol. The van der Waals surface area contributed by atoms with Crippen LogP contribution < -0.4 is 5.46 Å². The third-order valence-corrected chi connectivity index (χ3v) is 1.96. The number of aromatic amines is 1. The van der Waals surface area contributed by atoms with Crippen LogP contribution in [-0.4, -0.2) is 12.0 Å². The van der Waals surface area contributed by atoms with Gasteiger partial charge in [-0.25, -0.2) is 0 Å². The molecule has 0 aliphatic carbocycles. The van der Waals surface area contributed by atoms with Crippen molar-refractivity contribution in [1.29, 1.82) is 0 Å². The van der Waals surface area contributed by atoms with Crippen molar-refractivity contribution >= 4 is 23.3 Å². The second-order valence-electron chi connectivity index (χ2n) is 2.90. The van der Waals surface area contributed by atoms with Gasteiger partial charge >= 0.3 is 6.98 Å². The number of hydrogen-bond acceptors (Lipinski definition) is 0. The van der Waals surface area contributed by atoms with Gasteiger partial charge < -0.3 is 17.9 Å². The summed E-state index contributed by atoms with van der Waals surface area (Å²) < 4.78 is 36.8. The van der Waals surface area contributed by atoms with Gasteiger partial charge in [-0.1, -0.05) is 12.1 Å². The molecule has 0 saturated heterocycles. The molecule has 1 aromatic carbocycles. The molecule has 5 heteroatoms. The lowest BCUT2D eigenvalue weighted by Gasteiger charge is -2.14. The van der Waals surface area contributed by atoms with Crippen LogP contribution in [0.3, 0.4) is 0 Å². The fraction of sp³-hybridized carbons (Fsp3) is 0. The Hall–Kier alpha value is -1.39. The van der Waals surface area contributed by atoms with Crippen LogP contribution in [0.1, 0.15) is 0 Å². The Labute approximate surface area is 72.6 Å². The summed E-state index contributed by atoms with van der Waals surface area (Å²) in [7, 11) is 0. The van der Waals surface area contributed by atoms with Crippen LogP contribution in [0.15, 0.2) is 30.5 Å². The van der Waals surface area contributed by atoms with Crippen molar-refractivity contribution in [1.82, 2.24) is 4.98 Å². The van der Waals surface area contributed by atoms with Gasteiger partial charge in [-0.2, -0.15) is 0 Å². The normalized spacial score (nSPS) is 12.2. The van der Waals surface area contributed by atoms with E-state index in [9.17, 15) is 12.9 Å². The molecule has 1 N–H and O–H groups in total. The molecule has 0 atom stereocenters. The predicted molar refractivity (Wildman–Crippen MR) is 47.0 cm³/mol. The molecule has 1 aromatic heterocycles. The smallest absolute Gasteiger partial charge is 0.445 e. The SMILES string of the molecule is F[B-](F)(F)c1ccc2[nH]ccc2c1. The molecule has 2 rings (SSSR count).